The molecule has 0 radical (unpaired) electrons. The van der Waals surface area contributed by atoms with Gasteiger partial charge in [0.2, 0.25) is 0 Å². The molecule has 6 nitrogen and oxygen atoms in total. The predicted molar refractivity (Wildman–Crippen MR) is 76.9 cm³/mol. The average Bonchev–Trinajstić information content (AvgIpc) is 2.97. The molecule has 2 N–H and O–H groups in total. The van der Waals surface area contributed by atoms with Gasteiger partial charge in [-0.15, -0.1) is 0 Å². The second-order valence-corrected chi connectivity index (χ2v) is 5.04. The third-order valence-corrected chi connectivity index (χ3v) is 3.60. The van der Waals surface area contributed by atoms with Crippen molar-refractivity contribution in [2.75, 3.05) is 40.0 Å². The van der Waals surface area contributed by atoms with Gasteiger partial charge in [-0.3, -0.25) is 0 Å². The van der Waals surface area contributed by atoms with Crippen LogP contribution >= 0.6 is 0 Å². The summed E-state index contributed by atoms with van der Waals surface area (Å²) in [6.07, 6.45) is 0.897. The summed E-state index contributed by atoms with van der Waals surface area (Å²) in [5, 5.41) is 12.1. The molecule has 21 heavy (non-hydrogen) atoms. The van der Waals surface area contributed by atoms with Crippen LogP contribution in [0.3, 0.4) is 0 Å². The van der Waals surface area contributed by atoms with Crippen LogP contribution in [0.2, 0.25) is 0 Å². The average molecular weight is 295 g/mol. The van der Waals surface area contributed by atoms with Crippen molar-refractivity contribution in [1.82, 2.24) is 5.32 Å². The third kappa shape index (κ3) is 4.42. The van der Waals surface area contributed by atoms with Crippen LogP contribution in [0.4, 0.5) is 0 Å². The van der Waals surface area contributed by atoms with E-state index in [2.05, 4.69) is 5.32 Å². The Morgan fingerprint density at radius 3 is 2.76 bits per heavy atom. The van der Waals surface area contributed by atoms with Gasteiger partial charge >= 0.3 is 5.97 Å². The molecule has 0 amide bonds. The molecule has 1 unspecified atom stereocenters. The number of carboxylic acid groups (broad SMARTS) is 1. The first kappa shape index (κ1) is 15.8. The lowest BCUT2D eigenvalue weighted by molar-refractivity contribution is -0.0159. The van der Waals surface area contributed by atoms with Gasteiger partial charge in [0.25, 0.3) is 0 Å². The molecule has 2 rings (SSSR count). The fourth-order valence-corrected chi connectivity index (χ4v) is 2.21. The van der Waals surface area contributed by atoms with Crippen LogP contribution in [-0.2, 0) is 9.47 Å². The normalized spacial score (nSPS) is 21.4. The Kier molecular flexibility index (Phi) is 5.55. The van der Waals surface area contributed by atoms with Gasteiger partial charge in [-0.2, -0.15) is 0 Å². The molecule has 1 atom stereocenters. The van der Waals surface area contributed by atoms with Crippen LogP contribution in [0.25, 0.3) is 0 Å². The highest BCUT2D eigenvalue weighted by atomic mass is 16.5. The van der Waals surface area contributed by atoms with Crippen LogP contribution < -0.4 is 10.1 Å². The van der Waals surface area contributed by atoms with Crippen LogP contribution in [0.15, 0.2) is 24.3 Å². The van der Waals surface area contributed by atoms with Crippen molar-refractivity contribution in [2.45, 2.75) is 12.0 Å². The molecule has 0 aromatic heterocycles. The zero-order valence-electron chi connectivity index (χ0n) is 12.1. The first-order valence-corrected chi connectivity index (χ1v) is 6.95. The minimum atomic E-state index is -0.938. The zero-order valence-corrected chi connectivity index (χ0v) is 12.1. The SMILES string of the molecule is COC1(CNCCOc2ccc(C(=O)O)cc2)CCOC1. The van der Waals surface area contributed by atoms with Crippen molar-refractivity contribution in [2.24, 2.45) is 0 Å². The Bertz CT molecular complexity index is 454. The van der Waals surface area contributed by atoms with Crippen molar-refractivity contribution in [3.63, 3.8) is 0 Å². The Labute approximate surface area is 124 Å². The lowest BCUT2D eigenvalue weighted by atomic mass is 10.0. The minimum Gasteiger partial charge on any atom is -0.492 e. The number of hydrogen-bond acceptors (Lipinski definition) is 5. The summed E-state index contributed by atoms with van der Waals surface area (Å²) in [4.78, 5) is 10.7. The van der Waals surface area contributed by atoms with Crippen LogP contribution in [0.5, 0.6) is 5.75 Å². The molecule has 1 aromatic rings. The topological polar surface area (TPSA) is 77.0 Å². The first-order valence-electron chi connectivity index (χ1n) is 6.95. The number of methoxy groups -OCH3 is 1. The van der Waals surface area contributed by atoms with Gasteiger partial charge in [0.15, 0.2) is 0 Å². The van der Waals surface area contributed by atoms with Gasteiger partial charge in [-0.25, -0.2) is 4.79 Å². The van der Waals surface area contributed by atoms with Gasteiger partial charge in [-0.1, -0.05) is 0 Å². The summed E-state index contributed by atoms with van der Waals surface area (Å²) in [6, 6.07) is 6.37. The summed E-state index contributed by atoms with van der Waals surface area (Å²) >= 11 is 0. The number of carbonyl (C=O) groups is 1. The maximum Gasteiger partial charge on any atom is 0.335 e. The first-order chi connectivity index (χ1) is 10.2. The highest BCUT2D eigenvalue weighted by Crippen LogP contribution is 2.21. The van der Waals surface area contributed by atoms with Gasteiger partial charge in [0, 0.05) is 33.2 Å². The standard InChI is InChI=1S/C15H21NO5/c1-19-15(6-8-20-11-15)10-16-7-9-21-13-4-2-12(3-5-13)14(17)18/h2-5,16H,6-11H2,1H3,(H,17,18). The molecule has 1 fully saturated rings. The number of benzene rings is 1. The highest BCUT2D eigenvalue weighted by Gasteiger charge is 2.34. The van der Waals surface area contributed by atoms with E-state index in [1.54, 1.807) is 19.2 Å². The molecule has 0 spiro atoms. The summed E-state index contributed by atoms with van der Waals surface area (Å²) < 4.78 is 16.4. The van der Waals surface area contributed by atoms with E-state index < -0.39 is 5.97 Å². The lowest BCUT2D eigenvalue weighted by Gasteiger charge is -2.26. The van der Waals surface area contributed by atoms with Gasteiger partial charge < -0.3 is 24.6 Å². The molecule has 1 heterocycles. The van der Waals surface area contributed by atoms with Crippen LogP contribution in [0.1, 0.15) is 16.8 Å². The lowest BCUT2D eigenvalue weighted by Crippen LogP contribution is -2.44. The number of nitrogens with one attached hydrogen (secondary N) is 1. The largest absolute Gasteiger partial charge is 0.492 e. The quantitative estimate of drug-likeness (QED) is 0.701. The summed E-state index contributed by atoms with van der Waals surface area (Å²) in [5.41, 5.74) is 0.0344. The van der Waals surface area contributed by atoms with Gasteiger partial charge in [0.05, 0.1) is 12.2 Å². The number of hydrogen-bond donors (Lipinski definition) is 2. The molecule has 6 heteroatoms. The zero-order chi connectivity index (χ0) is 15.1. The van der Waals surface area contributed by atoms with Crippen LogP contribution in [-0.4, -0.2) is 56.7 Å². The summed E-state index contributed by atoms with van der Waals surface area (Å²) in [7, 11) is 1.71. The Morgan fingerprint density at radius 1 is 1.43 bits per heavy atom. The maximum atomic E-state index is 10.7. The van der Waals surface area contributed by atoms with Crippen molar-refractivity contribution < 1.29 is 24.1 Å². The van der Waals surface area contributed by atoms with E-state index in [9.17, 15) is 4.79 Å². The number of aromatic carboxylic acids is 1. The second kappa shape index (κ2) is 7.40. The number of carboxylic acids is 1. The Balaban J connectivity index is 1.66. The molecule has 1 saturated heterocycles. The Hall–Kier alpha value is -1.63. The van der Waals surface area contributed by atoms with Crippen LogP contribution in [0, 0.1) is 0 Å². The van der Waals surface area contributed by atoms with E-state index in [0.717, 1.165) is 19.6 Å². The third-order valence-electron chi connectivity index (χ3n) is 3.60. The van der Waals surface area contributed by atoms with E-state index in [1.807, 2.05) is 0 Å². The molecule has 0 aliphatic carbocycles. The molecule has 1 aromatic carbocycles. The summed E-state index contributed by atoms with van der Waals surface area (Å²) in [6.45, 7) is 3.28. The fraction of sp³-hybridized carbons (Fsp3) is 0.533. The Morgan fingerprint density at radius 2 is 2.19 bits per heavy atom. The van der Waals surface area contributed by atoms with Crippen molar-refractivity contribution in [1.29, 1.82) is 0 Å². The molecule has 1 aliphatic rings. The van der Waals surface area contributed by atoms with E-state index in [0.29, 0.717) is 25.5 Å². The highest BCUT2D eigenvalue weighted by molar-refractivity contribution is 5.87. The molecular formula is C15H21NO5. The van der Waals surface area contributed by atoms with E-state index in [-0.39, 0.29) is 11.2 Å². The smallest absolute Gasteiger partial charge is 0.335 e. The van der Waals surface area contributed by atoms with E-state index >= 15 is 0 Å². The number of ether oxygens (including phenoxy) is 3. The molecule has 0 saturated carbocycles. The molecular weight excluding hydrogens is 274 g/mol. The number of rotatable bonds is 8. The predicted octanol–water partition coefficient (Wildman–Crippen LogP) is 1.16. The molecule has 0 bridgehead atoms. The van der Waals surface area contributed by atoms with Gasteiger partial charge in [-0.05, 0) is 24.3 Å². The minimum absolute atomic E-state index is 0.219. The second-order valence-electron chi connectivity index (χ2n) is 5.04. The molecule has 1 aliphatic heterocycles. The monoisotopic (exact) mass is 295 g/mol. The fourth-order valence-electron chi connectivity index (χ4n) is 2.21. The van der Waals surface area contributed by atoms with Crippen molar-refractivity contribution in [3.05, 3.63) is 29.8 Å². The van der Waals surface area contributed by atoms with Crippen molar-refractivity contribution in [3.8, 4) is 5.75 Å². The summed E-state index contributed by atoms with van der Waals surface area (Å²) in [5.74, 6) is -0.278. The maximum absolute atomic E-state index is 10.7. The van der Waals surface area contributed by atoms with Crippen molar-refractivity contribution >= 4 is 5.97 Å². The van der Waals surface area contributed by atoms with E-state index in [1.165, 1.54) is 12.1 Å². The van der Waals surface area contributed by atoms with Gasteiger partial charge in [0.1, 0.15) is 18.0 Å². The van der Waals surface area contributed by atoms with E-state index in [4.69, 9.17) is 19.3 Å². The molecule has 116 valence electrons.